The molecule has 6 heterocycles. The topological polar surface area (TPSA) is 292 Å². The van der Waals surface area contributed by atoms with E-state index < -0.39 is 160 Å². The molecule has 400 valence electrons. The van der Waals surface area contributed by atoms with Gasteiger partial charge in [0, 0.05) is 90.2 Å². The lowest BCUT2D eigenvalue weighted by molar-refractivity contribution is -0.396. The average Bonchev–Trinajstić information content (AvgIpc) is 3.80. The fourth-order valence-corrected chi connectivity index (χ4v) is 10.2. The molecule has 69 heavy (non-hydrogen) atoms. The Kier molecular flexibility index (Phi) is 22.2. The lowest BCUT2D eigenvalue weighted by Gasteiger charge is -2.52. The number of hydrogen-bond acceptors (Lipinski definition) is 25. The van der Waals surface area contributed by atoms with E-state index in [-0.39, 0.29) is 26.4 Å². The third-order valence-corrected chi connectivity index (χ3v) is 13.4. The quantitative estimate of drug-likeness (QED) is 0.0585. The summed E-state index contributed by atoms with van der Waals surface area (Å²) in [5.41, 5.74) is 9.32. The molecule has 0 aromatic heterocycles. The molecule has 0 saturated carbocycles. The minimum atomic E-state index is -1.21. The number of methoxy groups -OCH3 is 12. The minimum Gasteiger partial charge on any atom is -0.394 e. The van der Waals surface area contributed by atoms with Gasteiger partial charge in [-0.1, -0.05) is 5.11 Å². The predicted molar refractivity (Wildman–Crippen MR) is 228 cm³/mol. The van der Waals surface area contributed by atoms with Gasteiger partial charge in [-0.05, 0) is 5.53 Å². The standard InChI is InChI=1S/C42H73N3O24/c1-48-14-19-26(67-39-34(56-9)30(52-5)24(47)18(13-46)61-39)31(53-6)36(58-11)41(64-19)69-28-21(16-50-3)65-42(37(59-12)33(28)55-8)68-27-20(15-49-2)63-40(35(57-10)32(27)54-7)66-25-22-17-60-38(62-22)23(44-45-43)29(25)51-4/h18-42,46-47H,13-17H2,1-12H3/t18?,19?,20-,21-,22?,23-,24+,25-,26+,27+,28+,29?,30?,31?,32?,33?,34-,35?,36-,37?,38+,39-,40-,41-,42+/m0/s1. The maximum absolute atomic E-state index is 10.8. The number of nitrogens with zero attached hydrogens (tertiary/aromatic N) is 3. The van der Waals surface area contributed by atoms with E-state index in [4.69, 9.17) is 104 Å². The Balaban J connectivity index is 1.23. The number of ether oxygens (including phenoxy) is 22. The van der Waals surface area contributed by atoms with Gasteiger partial charge in [-0.3, -0.25) is 0 Å². The second-order valence-electron chi connectivity index (χ2n) is 17.0. The molecule has 6 rings (SSSR count). The average molecular weight is 1000 g/mol. The second-order valence-corrected chi connectivity index (χ2v) is 17.0. The largest absolute Gasteiger partial charge is 0.394 e. The van der Waals surface area contributed by atoms with Crippen LogP contribution in [0.1, 0.15) is 0 Å². The zero-order valence-electron chi connectivity index (χ0n) is 41.2. The normalized spacial score (nSPS) is 45.9. The van der Waals surface area contributed by atoms with Crippen molar-refractivity contribution in [3.05, 3.63) is 10.4 Å². The van der Waals surface area contributed by atoms with E-state index in [0.717, 1.165) is 0 Å². The van der Waals surface area contributed by atoms with E-state index in [2.05, 4.69) is 10.0 Å². The Hall–Kier alpha value is -1.65. The summed E-state index contributed by atoms with van der Waals surface area (Å²) in [6.45, 7) is -0.361. The number of hydrogen-bond donors (Lipinski definition) is 2. The lowest BCUT2D eigenvalue weighted by Crippen LogP contribution is -2.69. The molecule has 0 aromatic rings. The van der Waals surface area contributed by atoms with Crippen LogP contribution in [-0.2, 0) is 104 Å². The number of aliphatic hydroxyl groups excluding tert-OH is 2. The van der Waals surface area contributed by atoms with E-state index in [1.165, 1.54) is 85.3 Å². The van der Waals surface area contributed by atoms with Crippen LogP contribution in [0.15, 0.2) is 5.11 Å². The van der Waals surface area contributed by atoms with Crippen molar-refractivity contribution in [3.8, 4) is 0 Å². The number of rotatable bonds is 25. The Labute approximate surface area is 401 Å². The van der Waals surface area contributed by atoms with Crippen molar-refractivity contribution in [1.82, 2.24) is 0 Å². The van der Waals surface area contributed by atoms with E-state index in [0.29, 0.717) is 0 Å². The van der Waals surface area contributed by atoms with Crippen molar-refractivity contribution in [2.45, 2.75) is 153 Å². The van der Waals surface area contributed by atoms with Gasteiger partial charge >= 0.3 is 0 Å². The van der Waals surface area contributed by atoms with Crippen molar-refractivity contribution >= 4 is 0 Å². The van der Waals surface area contributed by atoms with Gasteiger partial charge in [0.25, 0.3) is 0 Å². The highest BCUT2D eigenvalue weighted by atomic mass is 16.8. The first-order valence-corrected chi connectivity index (χ1v) is 22.6. The maximum Gasteiger partial charge on any atom is 0.187 e. The van der Waals surface area contributed by atoms with E-state index in [1.54, 1.807) is 0 Å². The van der Waals surface area contributed by atoms with Crippen LogP contribution < -0.4 is 0 Å². The Morgan fingerprint density at radius 2 is 0.797 bits per heavy atom. The van der Waals surface area contributed by atoms with Gasteiger partial charge in [-0.15, -0.1) is 0 Å². The molecule has 2 N–H and O–H groups in total. The molecule has 0 amide bonds. The SMILES string of the molecule is COCC1O[C@@H](O[C@H]2C(OC)C(OC)[C@@H](O[C@H]3C(OC)C(OC)[C@H](O[C@H]4C5CO[C@H](O5)[C@@H](N=[N+]=[N-])C4OC)O[C@H]3COC)O[C@H]2COC)[C@@H](OC)C(OC)[C@@H]1O[C@@H]1OC(CO)[C@@H](O)C(OC)[C@@H]1OC. The van der Waals surface area contributed by atoms with Crippen LogP contribution in [0.5, 0.6) is 0 Å². The monoisotopic (exact) mass is 1000 g/mol. The fraction of sp³-hybridized carbons (Fsp3) is 1.00. The summed E-state index contributed by atoms with van der Waals surface area (Å²) < 4.78 is 135. The summed E-state index contributed by atoms with van der Waals surface area (Å²) in [6.07, 6.45) is -22.6. The van der Waals surface area contributed by atoms with Gasteiger partial charge in [-0.25, -0.2) is 0 Å². The summed E-state index contributed by atoms with van der Waals surface area (Å²) >= 11 is 0. The van der Waals surface area contributed by atoms with Crippen LogP contribution in [0, 0.1) is 0 Å². The van der Waals surface area contributed by atoms with Gasteiger partial charge in [0.2, 0.25) is 0 Å². The minimum absolute atomic E-state index is 0.00775. The summed E-state index contributed by atoms with van der Waals surface area (Å²) in [6, 6.07) is -0.842. The summed E-state index contributed by atoms with van der Waals surface area (Å²) in [5.74, 6) is 0. The molecule has 0 aromatic carbocycles. The summed E-state index contributed by atoms with van der Waals surface area (Å²) in [5, 5.41) is 24.8. The first-order chi connectivity index (χ1) is 33.5. The Bertz CT molecular complexity index is 1560. The van der Waals surface area contributed by atoms with Crippen LogP contribution in [-0.4, -0.2) is 282 Å². The molecule has 0 radical (unpaired) electrons. The third-order valence-electron chi connectivity index (χ3n) is 13.4. The van der Waals surface area contributed by atoms with Crippen molar-refractivity contribution < 1.29 is 114 Å². The van der Waals surface area contributed by atoms with Crippen molar-refractivity contribution in [2.24, 2.45) is 5.11 Å². The maximum atomic E-state index is 10.8. The Morgan fingerprint density at radius 3 is 1.13 bits per heavy atom. The summed E-state index contributed by atoms with van der Waals surface area (Å²) in [7, 11) is 17.7. The molecule has 0 aliphatic carbocycles. The molecule has 6 aliphatic rings. The lowest BCUT2D eigenvalue weighted by atomic mass is 9.94. The van der Waals surface area contributed by atoms with E-state index in [1.807, 2.05) is 0 Å². The van der Waals surface area contributed by atoms with Crippen molar-refractivity contribution in [2.75, 3.05) is 118 Å². The van der Waals surface area contributed by atoms with E-state index >= 15 is 0 Å². The van der Waals surface area contributed by atoms with E-state index in [9.17, 15) is 15.7 Å². The smallest absolute Gasteiger partial charge is 0.187 e. The van der Waals surface area contributed by atoms with Crippen molar-refractivity contribution in [1.29, 1.82) is 0 Å². The fourth-order valence-electron chi connectivity index (χ4n) is 10.2. The zero-order valence-corrected chi connectivity index (χ0v) is 41.2. The van der Waals surface area contributed by atoms with Gasteiger partial charge in [-0.2, -0.15) is 0 Å². The first-order valence-electron chi connectivity index (χ1n) is 22.6. The third kappa shape index (κ3) is 12.0. The van der Waals surface area contributed by atoms with Gasteiger partial charge in [0.1, 0.15) is 116 Å². The van der Waals surface area contributed by atoms with Crippen molar-refractivity contribution in [3.63, 3.8) is 0 Å². The highest BCUT2D eigenvalue weighted by molar-refractivity contribution is 5.03. The number of fused-ring (bicyclic) bond motifs is 2. The molecule has 25 atom stereocenters. The highest BCUT2D eigenvalue weighted by Gasteiger charge is 2.59. The molecule has 10 unspecified atom stereocenters. The molecule has 2 bridgehead atoms. The molecule has 6 fully saturated rings. The zero-order chi connectivity index (χ0) is 49.9. The molecule has 27 nitrogen and oxygen atoms in total. The van der Waals surface area contributed by atoms with Gasteiger partial charge in [0.05, 0.1) is 39.1 Å². The van der Waals surface area contributed by atoms with Crippen LogP contribution in [0.25, 0.3) is 10.4 Å². The molecule has 27 heteroatoms. The molecular weight excluding hydrogens is 930 g/mol. The number of aliphatic hydroxyl groups is 2. The van der Waals surface area contributed by atoms with Gasteiger partial charge in [0.15, 0.2) is 31.5 Å². The summed E-state index contributed by atoms with van der Waals surface area (Å²) in [4.78, 5) is 2.97. The number of azide groups is 1. The Morgan fingerprint density at radius 1 is 0.449 bits per heavy atom. The molecular formula is C42H73N3O24. The second kappa shape index (κ2) is 27.0. The highest BCUT2D eigenvalue weighted by Crippen LogP contribution is 2.40. The van der Waals surface area contributed by atoms with Crippen LogP contribution in [0.2, 0.25) is 0 Å². The van der Waals surface area contributed by atoms with Crippen LogP contribution >= 0.6 is 0 Å². The van der Waals surface area contributed by atoms with Crippen LogP contribution in [0.3, 0.4) is 0 Å². The van der Waals surface area contributed by atoms with Gasteiger partial charge < -0.3 is 114 Å². The molecule has 6 saturated heterocycles. The molecule has 6 aliphatic heterocycles. The first kappa shape index (κ1) is 56.6. The predicted octanol–water partition coefficient (Wildman–Crippen LogP) is -1.71. The van der Waals surface area contributed by atoms with Crippen LogP contribution in [0.4, 0.5) is 0 Å². The molecule has 0 spiro atoms.